The van der Waals surface area contributed by atoms with Crippen molar-refractivity contribution in [2.45, 2.75) is 105 Å². The third-order valence-electron chi connectivity index (χ3n) is 12.3. The van der Waals surface area contributed by atoms with Gasteiger partial charge in [0.05, 0.1) is 18.8 Å². The maximum atomic E-state index is 13.6. The van der Waals surface area contributed by atoms with Crippen molar-refractivity contribution < 1.29 is 47.6 Å². The maximum Gasteiger partial charge on any atom is 0.334 e. The van der Waals surface area contributed by atoms with Crippen LogP contribution in [0.15, 0.2) is 34.4 Å². The van der Waals surface area contributed by atoms with Crippen molar-refractivity contribution in [2.75, 3.05) is 19.8 Å². The minimum absolute atomic E-state index is 0.183. The first-order valence-electron chi connectivity index (χ1n) is 16.2. The van der Waals surface area contributed by atoms with Crippen LogP contribution in [0.25, 0.3) is 0 Å². The highest BCUT2D eigenvalue weighted by molar-refractivity contribution is 5.92. The van der Waals surface area contributed by atoms with Gasteiger partial charge in [0.1, 0.15) is 24.9 Å². The zero-order chi connectivity index (χ0) is 32.6. The molecule has 3 heterocycles. The van der Waals surface area contributed by atoms with Crippen molar-refractivity contribution in [1.82, 2.24) is 0 Å². The zero-order valence-electron chi connectivity index (χ0n) is 27.6. The molecule has 10 heteroatoms. The summed E-state index contributed by atoms with van der Waals surface area (Å²) in [6, 6.07) is 0. The minimum Gasteiger partial charge on any atom is -0.462 e. The molecule has 3 aliphatic carbocycles. The second-order valence-electron chi connectivity index (χ2n) is 14.5. The molecule has 2 saturated heterocycles. The Morgan fingerprint density at radius 1 is 0.978 bits per heavy atom. The molecule has 0 spiro atoms. The van der Waals surface area contributed by atoms with E-state index in [0.717, 1.165) is 11.1 Å². The van der Waals surface area contributed by atoms with Gasteiger partial charge >= 0.3 is 23.9 Å². The Labute approximate surface area is 264 Å². The lowest BCUT2D eigenvalue weighted by atomic mass is 9.39. The van der Waals surface area contributed by atoms with Crippen molar-refractivity contribution in [1.29, 1.82) is 0 Å². The molecule has 0 N–H and O–H groups in total. The number of allylic oxidation sites excluding steroid dienone is 2. The lowest BCUT2D eigenvalue weighted by molar-refractivity contribution is -0.258. The van der Waals surface area contributed by atoms with Gasteiger partial charge in [-0.1, -0.05) is 32.4 Å². The fourth-order valence-electron chi connectivity index (χ4n) is 10.4. The first kappa shape index (κ1) is 32.0. The molecule has 4 fully saturated rings. The summed E-state index contributed by atoms with van der Waals surface area (Å²) in [6.07, 6.45) is 2.36. The van der Waals surface area contributed by atoms with Crippen LogP contribution in [0.2, 0.25) is 0 Å². The number of fused-ring (bicyclic) bond motifs is 4. The number of hydrogen-bond donors (Lipinski definition) is 0. The lowest BCUT2D eigenvalue weighted by Gasteiger charge is -2.66. The second kappa shape index (κ2) is 11.1. The fourth-order valence-corrected chi connectivity index (χ4v) is 10.4. The molecule has 2 saturated carbocycles. The van der Waals surface area contributed by atoms with Crippen LogP contribution < -0.4 is 0 Å². The summed E-state index contributed by atoms with van der Waals surface area (Å²) in [7, 11) is 0. The van der Waals surface area contributed by atoms with Crippen molar-refractivity contribution in [3.8, 4) is 0 Å². The zero-order valence-corrected chi connectivity index (χ0v) is 27.6. The van der Waals surface area contributed by atoms with E-state index in [1.807, 2.05) is 6.08 Å². The molecule has 45 heavy (non-hydrogen) atoms. The Morgan fingerprint density at radius 2 is 1.67 bits per heavy atom. The molecule has 0 aromatic heterocycles. The molecule has 246 valence electrons. The average molecular weight is 627 g/mol. The minimum atomic E-state index is -0.805. The molecule has 10 nitrogen and oxygen atoms in total. The average Bonchev–Trinajstić information content (AvgIpc) is 3.62. The van der Waals surface area contributed by atoms with Gasteiger partial charge in [0.2, 0.25) is 0 Å². The Kier molecular flexibility index (Phi) is 7.87. The summed E-state index contributed by atoms with van der Waals surface area (Å²) in [4.78, 5) is 51.4. The Hall–Kier alpha value is -2.98. The van der Waals surface area contributed by atoms with E-state index >= 15 is 0 Å². The number of carbonyl (C=O) groups is 4. The van der Waals surface area contributed by atoms with Crippen molar-refractivity contribution >= 4 is 23.9 Å². The maximum absolute atomic E-state index is 13.6. The Bertz CT molecular complexity index is 1410. The van der Waals surface area contributed by atoms with Crippen LogP contribution in [-0.2, 0) is 47.6 Å². The molecule has 0 unspecified atom stereocenters. The predicted molar refractivity (Wildman–Crippen MR) is 160 cm³/mol. The van der Waals surface area contributed by atoms with E-state index in [-0.39, 0.29) is 36.4 Å². The molecule has 0 amide bonds. The first-order chi connectivity index (χ1) is 21.2. The van der Waals surface area contributed by atoms with E-state index in [1.165, 1.54) is 13.8 Å². The summed E-state index contributed by atoms with van der Waals surface area (Å²) in [5.74, 6) is -2.21. The number of esters is 4. The first-order valence-corrected chi connectivity index (χ1v) is 16.2. The van der Waals surface area contributed by atoms with Gasteiger partial charge in [-0.3, -0.25) is 9.59 Å². The summed E-state index contributed by atoms with van der Waals surface area (Å²) < 4.78 is 37.3. The van der Waals surface area contributed by atoms with Crippen LogP contribution in [0, 0.1) is 34.0 Å². The quantitative estimate of drug-likeness (QED) is 0.188. The van der Waals surface area contributed by atoms with E-state index < -0.39 is 58.6 Å². The number of rotatable bonds is 5. The summed E-state index contributed by atoms with van der Waals surface area (Å²) in [5.41, 5.74) is 1.06. The van der Waals surface area contributed by atoms with Crippen LogP contribution in [-0.4, -0.2) is 74.2 Å². The number of hydrogen-bond acceptors (Lipinski definition) is 10. The largest absolute Gasteiger partial charge is 0.462 e. The van der Waals surface area contributed by atoms with E-state index in [2.05, 4.69) is 27.7 Å². The topological polar surface area (TPSA) is 124 Å². The Morgan fingerprint density at radius 3 is 2.29 bits per heavy atom. The third-order valence-corrected chi connectivity index (χ3v) is 12.3. The predicted octanol–water partition coefficient (Wildman–Crippen LogP) is 4.40. The highest BCUT2D eigenvalue weighted by atomic mass is 16.6. The second-order valence-corrected chi connectivity index (χ2v) is 14.5. The van der Waals surface area contributed by atoms with Gasteiger partial charge in [0.15, 0.2) is 0 Å². The van der Waals surface area contributed by atoms with Gasteiger partial charge in [0.25, 0.3) is 0 Å². The highest BCUT2D eigenvalue weighted by Crippen LogP contribution is 2.72. The molecule has 0 bridgehead atoms. The molecule has 6 aliphatic rings. The van der Waals surface area contributed by atoms with Crippen LogP contribution >= 0.6 is 0 Å². The highest BCUT2D eigenvalue weighted by Gasteiger charge is 2.77. The summed E-state index contributed by atoms with van der Waals surface area (Å²) in [5, 5.41) is 0. The van der Waals surface area contributed by atoms with Crippen LogP contribution in [0.5, 0.6) is 0 Å². The van der Waals surface area contributed by atoms with E-state index in [4.69, 9.17) is 28.4 Å². The third kappa shape index (κ3) is 4.56. The molecule has 3 aliphatic heterocycles. The van der Waals surface area contributed by atoms with Gasteiger partial charge < -0.3 is 28.4 Å². The summed E-state index contributed by atoms with van der Waals surface area (Å²) in [6.45, 7) is 15.8. The fraction of sp³-hybridized carbons (Fsp3) is 0.714. The molecular formula is C35H46O10. The SMILES string of the molecule is C/C=C(/C)C(=O)O[C@@H]1[C@@H]2OC[C@]3(C)[C@H](OC(C)=O)C[C@H](OC(C)=O)[C@@](C)([C@@H]23)[C@H]2CCO[C@H]3C[C@@H](C4=CCOC4=O)C(C)=C3[C@]12C. The van der Waals surface area contributed by atoms with Gasteiger partial charge in [-0.25, -0.2) is 9.59 Å². The van der Waals surface area contributed by atoms with Crippen LogP contribution in [0.1, 0.15) is 74.7 Å². The van der Waals surface area contributed by atoms with E-state index in [9.17, 15) is 19.2 Å². The lowest BCUT2D eigenvalue weighted by Crippen LogP contribution is -2.72. The molecule has 0 radical (unpaired) electrons. The molecular weight excluding hydrogens is 580 g/mol. The van der Waals surface area contributed by atoms with E-state index in [1.54, 1.807) is 19.9 Å². The Balaban J connectivity index is 1.58. The van der Waals surface area contributed by atoms with Crippen molar-refractivity contribution in [3.05, 3.63) is 34.4 Å². The normalized spacial score (nSPS) is 43.8. The molecule has 0 aromatic rings. The molecule has 6 rings (SSSR count). The monoisotopic (exact) mass is 626 g/mol. The van der Waals surface area contributed by atoms with Crippen LogP contribution in [0.4, 0.5) is 0 Å². The smallest absolute Gasteiger partial charge is 0.334 e. The standard InChI is InChI=1S/C35H46O10/c1-9-17(2)31(38)45-30-28-29-33(6,16-42-28)25(43-19(4)36)15-26(44-20(5)37)34(29,7)24-11-13-40-23-14-22(21-10-12-41-32(21)39)18(3)27(23)35(24,30)8/h9-10,22-26,28-30H,11-16H2,1-8H3/b17-9-/t22-,23+,24-,25-,26+,28-,29+,30-,33-,34+,35-/m1/s1. The van der Waals surface area contributed by atoms with E-state index in [0.29, 0.717) is 43.6 Å². The van der Waals surface area contributed by atoms with Gasteiger partial charge in [-0.05, 0) is 51.2 Å². The summed E-state index contributed by atoms with van der Waals surface area (Å²) >= 11 is 0. The van der Waals surface area contributed by atoms with Crippen molar-refractivity contribution in [3.63, 3.8) is 0 Å². The van der Waals surface area contributed by atoms with Gasteiger partial charge in [0, 0.05) is 66.1 Å². The van der Waals surface area contributed by atoms with Gasteiger partial charge in [-0.15, -0.1) is 0 Å². The number of cyclic esters (lactones) is 1. The van der Waals surface area contributed by atoms with Crippen LogP contribution in [0.3, 0.4) is 0 Å². The number of ether oxygens (including phenoxy) is 6. The van der Waals surface area contributed by atoms with Crippen molar-refractivity contribution in [2.24, 2.45) is 34.0 Å². The van der Waals surface area contributed by atoms with Gasteiger partial charge in [-0.2, -0.15) is 0 Å². The number of carbonyl (C=O) groups excluding carboxylic acids is 4. The molecule has 11 atom stereocenters. The molecule has 0 aromatic carbocycles.